The summed E-state index contributed by atoms with van der Waals surface area (Å²) in [5, 5.41) is 0. The van der Waals surface area contributed by atoms with E-state index >= 15 is 0 Å². The molecule has 0 aromatic carbocycles. The Balaban J connectivity index is 2.51. The number of hydrogen-bond acceptors (Lipinski definition) is 5. The van der Waals surface area contributed by atoms with Gasteiger partial charge in [0.1, 0.15) is 5.82 Å². The molecular weight excluding hydrogens is 238 g/mol. The van der Waals surface area contributed by atoms with Gasteiger partial charge in [-0.25, -0.2) is 15.8 Å². The molecule has 19 heavy (non-hydrogen) atoms. The standard InChI is InChI=1S/C14H19N5/c1-3-5-11-8-13(19-15)18-14(17-11)12-6-7-16-9-10(12)4-2/h6-9H,3-5,15H2,1-2H3,(H,17,18,19). The molecule has 0 unspecified atom stereocenters. The van der Waals surface area contributed by atoms with E-state index < -0.39 is 0 Å². The van der Waals surface area contributed by atoms with Gasteiger partial charge in [0, 0.05) is 29.7 Å². The number of rotatable bonds is 5. The Morgan fingerprint density at radius 3 is 2.79 bits per heavy atom. The highest BCUT2D eigenvalue weighted by atomic mass is 15.3. The molecule has 2 rings (SSSR count). The van der Waals surface area contributed by atoms with E-state index in [1.54, 1.807) is 6.20 Å². The van der Waals surface area contributed by atoms with Crippen molar-refractivity contribution in [3.05, 3.63) is 35.8 Å². The first-order chi connectivity index (χ1) is 9.28. The second kappa shape index (κ2) is 6.24. The molecule has 0 aliphatic heterocycles. The first-order valence-electron chi connectivity index (χ1n) is 6.56. The summed E-state index contributed by atoms with van der Waals surface area (Å²) in [7, 11) is 0. The molecule has 5 heteroatoms. The molecule has 2 aromatic heterocycles. The van der Waals surface area contributed by atoms with E-state index in [0.29, 0.717) is 11.6 Å². The minimum Gasteiger partial charge on any atom is -0.308 e. The van der Waals surface area contributed by atoms with E-state index in [1.807, 2.05) is 18.3 Å². The van der Waals surface area contributed by atoms with Crippen LogP contribution in [0.1, 0.15) is 31.5 Å². The number of aromatic nitrogens is 3. The van der Waals surface area contributed by atoms with Crippen molar-refractivity contribution in [1.82, 2.24) is 15.0 Å². The molecule has 0 saturated carbocycles. The normalized spacial score (nSPS) is 10.5. The highest BCUT2D eigenvalue weighted by Gasteiger charge is 2.09. The van der Waals surface area contributed by atoms with Crippen molar-refractivity contribution in [2.45, 2.75) is 33.1 Å². The monoisotopic (exact) mass is 257 g/mol. The fraction of sp³-hybridized carbons (Fsp3) is 0.357. The van der Waals surface area contributed by atoms with Crippen molar-refractivity contribution < 1.29 is 0 Å². The number of nitrogens with zero attached hydrogens (tertiary/aromatic N) is 3. The van der Waals surface area contributed by atoms with Crippen LogP contribution >= 0.6 is 0 Å². The van der Waals surface area contributed by atoms with Crippen LogP contribution in [0, 0.1) is 0 Å². The second-order valence-corrected chi connectivity index (χ2v) is 4.35. The fourth-order valence-electron chi connectivity index (χ4n) is 2.00. The zero-order valence-corrected chi connectivity index (χ0v) is 11.3. The van der Waals surface area contributed by atoms with Crippen molar-refractivity contribution in [3.63, 3.8) is 0 Å². The second-order valence-electron chi connectivity index (χ2n) is 4.35. The van der Waals surface area contributed by atoms with Crippen LogP contribution in [0.5, 0.6) is 0 Å². The van der Waals surface area contributed by atoms with Gasteiger partial charge in [-0.1, -0.05) is 20.3 Å². The minimum atomic E-state index is 0.646. The lowest BCUT2D eigenvalue weighted by atomic mass is 10.1. The van der Waals surface area contributed by atoms with E-state index in [0.717, 1.165) is 36.1 Å². The predicted molar refractivity (Wildman–Crippen MR) is 76.4 cm³/mol. The van der Waals surface area contributed by atoms with Crippen LogP contribution in [0.4, 0.5) is 5.82 Å². The maximum Gasteiger partial charge on any atom is 0.162 e. The van der Waals surface area contributed by atoms with Crippen LogP contribution < -0.4 is 11.3 Å². The summed E-state index contributed by atoms with van der Waals surface area (Å²) in [5.41, 5.74) is 5.76. The number of nitrogens with two attached hydrogens (primary N) is 1. The first-order valence-corrected chi connectivity index (χ1v) is 6.56. The third kappa shape index (κ3) is 3.06. The van der Waals surface area contributed by atoms with Crippen LogP contribution in [0.2, 0.25) is 0 Å². The summed E-state index contributed by atoms with van der Waals surface area (Å²) in [6.45, 7) is 4.22. The summed E-state index contributed by atoms with van der Waals surface area (Å²) in [4.78, 5) is 13.2. The van der Waals surface area contributed by atoms with E-state index in [9.17, 15) is 0 Å². The number of aryl methyl sites for hydroxylation is 2. The van der Waals surface area contributed by atoms with Crippen molar-refractivity contribution in [2.24, 2.45) is 5.84 Å². The number of pyridine rings is 1. The topological polar surface area (TPSA) is 76.7 Å². The molecule has 2 aromatic rings. The van der Waals surface area contributed by atoms with E-state index in [-0.39, 0.29) is 0 Å². The fourth-order valence-corrected chi connectivity index (χ4v) is 2.00. The van der Waals surface area contributed by atoms with Crippen LogP contribution in [-0.2, 0) is 12.8 Å². The van der Waals surface area contributed by atoms with Gasteiger partial charge < -0.3 is 5.43 Å². The van der Waals surface area contributed by atoms with Gasteiger partial charge in [0.2, 0.25) is 0 Å². The first kappa shape index (κ1) is 13.4. The molecule has 0 bridgehead atoms. The number of hydrazine groups is 1. The Labute approximate surface area is 113 Å². The van der Waals surface area contributed by atoms with Gasteiger partial charge in [0.15, 0.2) is 5.82 Å². The van der Waals surface area contributed by atoms with Gasteiger partial charge in [-0.05, 0) is 24.5 Å². The molecule has 5 nitrogen and oxygen atoms in total. The Morgan fingerprint density at radius 2 is 2.11 bits per heavy atom. The van der Waals surface area contributed by atoms with Crippen LogP contribution in [0.25, 0.3) is 11.4 Å². The van der Waals surface area contributed by atoms with E-state index in [1.165, 1.54) is 0 Å². The summed E-state index contributed by atoms with van der Waals surface area (Å²) in [6.07, 6.45) is 6.48. The lowest BCUT2D eigenvalue weighted by Crippen LogP contribution is -2.11. The molecule has 0 atom stereocenters. The minimum absolute atomic E-state index is 0.646. The zero-order chi connectivity index (χ0) is 13.7. The summed E-state index contributed by atoms with van der Waals surface area (Å²) >= 11 is 0. The summed E-state index contributed by atoms with van der Waals surface area (Å²) in [6, 6.07) is 3.84. The maximum absolute atomic E-state index is 5.48. The van der Waals surface area contributed by atoms with Gasteiger partial charge in [0.05, 0.1) is 0 Å². The third-order valence-electron chi connectivity index (χ3n) is 2.96. The van der Waals surface area contributed by atoms with E-state index in [4.69, 9.17) is 5.84 Å². The molecule has 0 saturated heterocycles. The highest BCUT2D eigenvalue weighted by Crippen LogP contribution is 2.22. The van der Waals surface area contributed by atoms with E-state index in [2.05, 4.69) is 34.2 Å². The number of nitrogen functional groups attached to an aromatic ring is 1. The van der Waals surface area contributed by atoms with Gasteiger partial charge >= 0.3 is 0 Å². The van der Waals surface area contributed by atoms with Crippen molar-refractivity contribution in [1.29, 1.82) is 0 Å². The Kier molecular flexibility index (Phi) is 4.41. The average Bonchev–Trinajstić information content (AvgIpc) is 2.47. The van der Waals surface area contributed by atoms with Gasteiger partial charge in [-0.15, -0.1) is 0 Å². The lowest BCUT2D eigenvalue weighted by Gasteiger charge is -2.09. The Bertz CT molecular complexity index is 553. The summed E-state index contributed by atoms with van der Waals surface area (Å²) < 4.78 is 0. The molecular formula is C14H19N5. The lowest BCUT2D eigenvalue weighted by molar-refractivity contribution is 0.874. The van der Waals surface area contributed by atoms with Gasteiger partial charge in [0.25, 0.3) is 0 Å². The SMILES string of the molecule is CCCc1cc(NN)nc(-c2ccncc2CC)n1. The highest BCUT2D eigenvalue weighted by molar-refractivity contribution is 5.61. The Hall–Kier alpha value is -2.01. The van der Waals surface area contributed by atoms with Crippen LogP contribution in [0.3, 0.4) is 0 Å². The Morgan fingerprint density at radius 1 is 1.26 bits per heavy atom. The summed E-state index contributed by atoms with van der Waals surface area (Å²) in [5.74, 6) is 6.83. The predicted octanol–water partition coefficient (Wildman–Crippen LogP) is 2.34. The van der Waals surface area contributed by atoms with Gasteiger partial charge in [-0.3, -0.25) is 4.98 Å². The molecule has 0 fully saturated rings. The molecule has 0 aliphatic carbocycles. The number of hydrogen-bond donors (Lipinski definition) is 2. The van der Waals surface area contributed by atoms with Crippen molar-refractivity contribution >= 4 is 5.82 Å². The molecule has 0 spiro atoms. The molecule has 2 heterocycles. The van der Waals surface area contributed by atoms with Gasteiger partial charge in [-0.2, -0.15) is 0 Å². The molecule has 100 valence electrons. The van der Waals surface area contributed by atoms with Crippen molar-refractivity contribution in [3.8, 4) is 11.4 Å². The number of anilines is 1. The maximum atomic E-state index is 5.48. The third-order valence-corrected chi connectivity index (χ3v) is 2.96. The molecule has 3 N–H and O–H groups in total. The van der Waals surface area contributed by atoms with Crippen molar-refractivity contribution in [2.75, 3.05) is 5.43 Å². The number of nitrogens with one attached hydrogen (secondary N) is 1. The molecule has 0 aliphatic rings. The average molecular weight is 257 g/mol. The zero-order valence-electron chi connectivity index (χ0n) is 11.3. The molecule has 0 radical (unpaired) electrons. The van der Waals surface area contributed by atoms with Crippen LogP contribution in [0.15, 0.2) is 24.5 Å². The largest absolute Gasteiger partial charge is 0.308 e. The smallest absolute Gasteiger partial charge is 0.162 e. The molecule has 0 amide bonds. The quantitative estimate of drug-likeness (QED) is 0.635. The van der Waals surface area contributed by atoms with Crippen LogP contribution in [-0.4, -0.2) is 15.0 Å².